The number of H-pyrrole nitrogens is 1. The Balaban J connectivity index is 1.95. The van der Waals surface area contributed by atoms with E-state index in [0.29, 0.717) is 0 Å². The number of nitrogens with zero attached hydrogens (tertiary/aromatic N) is 1. The summed E-state index contributed by atoms with van der Waals surface area (Å²) in [6.07, 6.45) is 7.70. The van der Waals surface area contributed by atoms with Crippen molar-refractivity contribution in [1.82, 2.24) is 15.3 Å². The molecule has 3 rings (SSSR count). The van der Waals surface area contributed by atoms with E-state index < -0.39 is 0 Å². The quantitative estimate of drug-likeness (QED) is 0.772. The van der Waals surface area contributed by atoms with E-state index in [2.05, 4.69) is 15.3 Å². The molecular formula is C13H19N3O. The molecule has 92 valence electrons. The largest absolute Gasteiger partial charge is 0.309 e. The van der Waals surface area contributed by atoms with Gasteiger partial charge in [-0.1, -0.05) is 6.42 Å². The Bertz CT molecular complexity index is 460. The van der Waals surface area contributed by atoms with Gasteiger partial charge in [0.1, 0.15) is 5.82 Å². The van der Waals surface area contributed by atoms with Gasteiger partial charge in [-0.3, -0.25) is 4.79 Å². The number of rotatable bonds is 1. The summed E-state index contributed by atoms with van der Waals surface area (Å²) in [6, 6.07) is 0.253. The maximum absolute atomic E-state index is 12.0. The normalized spacial score (nSPS) is 24.4. The molecule has 0 spiro atoms. The first-order valence-corrected chi connectivity index (χ1v) is 6.70. The van der Waals surface area contributed by atoms with Crippen molar-refractivity contribution in [3.05, 3.63) is 27.4 Å². The molecular weight excluding hydrogens is 214 g/mol. The summed E-state index contributed by atoms with van der Waals surface area (Å²) < 4.78 is 0. The van der Waals surface area contributed by atoms with Crippen LogP contribution in [0, 0.1) is 0 Å². The van der Waals surface area contributed by atoms with Gasteiger partial charge < -0.3 is 10.3 Å². The molecule has 1 saturated heterocycles. The highest BCUT2D eigenvalue weighted by Crippen LogP contribution is 2.22. The van der Waals surface area contributed by atoms with Gasteiger partial charge in [-0.2, -0.15) is 0 Å². The zero-order chi connectivity index (χ0) is 11.7. The van der Waals surface area contributed by atoms with Crippen molar-refractivity contribution in [3.63, 3.8) is 0 Å². The molecule has 2 N–H and O–H groups in total. The van der Waals surface area contributed by atoms with Crippen LogP contribution >= 0.6 is 0 Å². The lowest BCUT2D eigenvalue weighted by Gasteiger charge is -2.24. The second-order valence-electron chi connectivity index (χ2n) is 5.09. The highest BCUT2D eigenvalue weighted by molar-refractivity contribution is 5.21. The maximum Gasteiger partial charge on any atom is 0.254 e. The number of aromatic nitrogens is 2. The summed E-state index contributed by atoms with van der Waals surface area (Å²) in [5.41, 5.74) is 2.07. The van der Waals surface area contributed by atoms with Crippen LogP contribution in [0.1, 0.15) is 55.2 Å². The zero-order valence-corrected chi connectivity index (χ0v) is 10.1. The molecule has 2 aliphatic rings. The monoisotopic (exact) mass is 233 g/mol. The van der Waals surface area contributed by atoms with Crippen LogP contribution in [0.2, 0.25) is 0 Å². The van der Waals surface area contributed by atoms with Gasteiger partial charge in [-0.15, -0.1) is 0 Å². The Hall–Kier alpha value is -1.16. The first-order valence-electron chi connectivity index (χ1n) is 6.70. The van der Waals surface area contributed by atoms with Crippen LogP contribution < -0.4 is 10.9 Å². The lowest BCUT2D eigenvalue weighted by Crippen LogP contribution is -2.32. The van der Waals surface area contributed by atoms with E-state index in [9.17, 15) is 4.79 Å². The Morgan fingerprint density at radius 3 is 2.82 bits per heavy atom. The lowest BCUT2D eigenvalue weighted by atomic mass is 9.96. The Morgan fingerprint density at radius 2 is 2.00 bits per heavy atom. The van der Waals surface area contributed by atoms with Crippen molar-refractivity contribution in [2.45, 2.75) is 51.0 Å². The molecule has 4 heteroatoms. The van der Waals surface area contributed by atoms with Crippen LogP contribution in [0.3, 0.4) is 0 Å². The van der Waals surface area contributed by atoms with E-state index in [1.54, 1.807) is 0 Å². The predicted molar refractivity (Wildman–Crippen MR) is 66.1 cm³/mol. The molecule has 0 bridgehead atoms. The molecule has 0 saturated carbocycles. The van der Waals surface area contributed by atoms with Crippen LogP contribution in [-0.2, 0) is 12.8 Å². The minimum atomic E-state index is 0.0945. The summed E-state index contributed by atoms with van der Waals surface area (Å²) in [4.78, 5) is 19.7. The van der Waals surface area contributed by atoms with Gasteiger partial charge in [0, 0.05) is 5.56 Å². The van der Waals surface area contributed by atoms with Crippen LogP contribution in [-0.4, -0.2) is 16.5 Å². The molecule has 1 aromatic heterocycles. The number of aromatic amines is 1. The number of nitrogens with one attached hydrogen (secondary N) is 2. The van der Waals surface area contributed by atoms with Crippen molar-refractivity contribution in [1.29, 1.82) is 0 Å². The summed E-state index contributed by atoms with van der Waals surface area (Å²) in [7, 11) is 0. The molecule has 0 aromatic carbocycles. The minimum absolute atomic E-state index is 0.0945. The topological polar surface area (TPSA) is 57.8 Å². The van der Waals surface area contributed by atoms with Gasteiger partial charge in [0.05, 0.1) is 11.7 Å². The number of piperidine rings is 1. The molecule has 17 heavy (non-hydrogen) atoms. The third kappa shape index (κ3) is 2.14. The molecule has 1 fully saturated rings. The third-order valence-corrected chi connectivity index (χ3v) is 3.85. The van der Waals surface area contributed by atoms with Crippen LogP contribution in [0.4, 0.5) is 0 Å². The highest BCUT2D eigenvalue weighted by atomic mass is 16.1. The van der Waals surface area contributed by atoms with Crippen molar-refractivity contribution >= 4 is 0 Å². The average molecular weight is 233 g/mol. The summed E-state index contributed by atoms with van der Waals surface area (Å²) in [5, 5.41) is 3.44. The fourth-order valence-corrected chi connectivity index (χ4v) is 2.87. The van der Waals surface area contributed by atoms with Gasteiger partial charge in [-0.05, 0) is 45.1 Å². The molecule has 0 amide bonds. The van der Waals surface area contributed by atoms with Crippen molar-refractivity contribution < 1.29 is 0 Å². The summed E-state index contributed by atoms with van der Waals surface area (Å²) >= 11 is 0. The first kappa shape index (κ1) is 11.0. The first-order chi connectivity index (χ1) is 8.34. The number of aryl methyl sites for hydroxylation is 1. The molecule has 1 aliphatic carbocycles. The summed E-state index contributed by atoms with van der Waals surface area (Å²) in [5.74, 6) is 0.857. The van der Waals surface area contributed by atoms with Gasteiger partial charge >= 0.3 is 0 Å². The fraction of sp³-hybridized carbons (Fsp3) is 0.692. The fourth-order valence-electron chi connectivity index (χ4n) is 2.87. The molecule has 0 radical (unpaired) electrons. The standard InChI is InChI=1S/C13H19N3O/c17-13-9-5-1-2-6-10(9)15-12(16-13)11-7-3-4-8-14-11/h11,14H,1-8H2,(H,15,16,17). The summed E-state index contributed by atoms with van der Waals surface area (Å²) in [6.45, 7) is 1.03. The third-order valence-electron chi connectivity index (χ3n) is 3.85. The van der Waals surface area contributed by atoms with E-state index in [0.717, 1.165) is 49.3 Å². The van der Waals surface area contributed by atoms with Crippen molar-refractivity contribution in [2.75, 3.05) is 6.54 Å². The number of fused-ring (bicyclic) bond motifs is 1. The van der Waals surface area contributed by atoms with Gasteiger partial charge in [-0.25, -0.2) is 4.98 Å². The SMILES string of the molecule is O=c1[nH]c(C2CCCCN2)nc2c1CCCC2. The lowest BCUT2D eigenvalue weighted by molar-refractivity contribution is 0.394. The Morgan fingerprint density at radius 1 is 1.12 bits per heavy atom. The van der Waals surface area contributed by atoms with E-state index in [1.165, 1.54) is 19.3 Å². The van der Waals surface area contributed by atoms with Crippen LogP contribution in [0.5, 0.6) is 0 Å². The molecule has 1 atom stereocenters. The molecule has 1 unspecified atom stereocenters. The highest BCUT2D eigenvalue weighted by Gasteiger charge is 2.21. The maximum atomic E-state index is 12.0. The van der Waals surface area contributed by atoms with E-state index in [4.69, 9.17) is 0 Å². The Kier molecular flexibility index (Phi) is 2.97. The van der Waals surface area contributed by atoms with E-state index >= 15 is 0 Å². The predicted octanol–water partition coefficient (Wildman–Crippen LogP) is 1.46. The van der Waals surface area contributed by atoms with E-state index in [-0.39, 0.29) is 11.6 Å². The van der Waals surface area contributed by atoms with Gasteiger partial charge in [0.25, 0.3) is 5.56 Å². The van der Waals surface area contributed by atoms with Crippen LogP contribution in [0.25, 0.3) is 0 Å². The van der Waals surface area contributed by atoms with Gasteiger partial charge in [0.2, 0.25) is 0 Å². The second kappa shape index (κ2) is 4.61. The smallest absolute Gasteiger partial charge is 0.254 e. The number of hydrogen-bond acceptors (Lipinski definition) is 3. The Labute approximate surface area is 101 Å². The molecule has 1 aliphatic heterocycles. The van der Waals surface area contributed by atoms with Crippen molar-refractivity contribution in [2.24, 2.45) is 0 Å². The van der Waals surface area contributed by atoms with Gasteiger partial charge in [0.15, 0.2) is 0 Å². The number of hydrogen-bond donors (Lipinski definition) is 2. The molecule has 2 heterocycles. The second-order valence-corrected chi connectivity index (χ2v) is 5.09. The van der Waals surface area contributed by atoms with Crippen LogP contribution in [0.15, 0.2) is 4.79 Å². The zero-order valence-electron chi connectivity index (χ0n) is 10.1. The molecule has 1 aromatic rings. The minimum Gasteiger partial charge on any atom is -0.309 e. The average Bonchev–Trinajstić information content (AvgIpc) is 2.40. The molecule has 4 nitrogen and oxygen atoms in total. The van der Waals surface area contributed by atoms with Crippen molar-refractivity contribution in [3.8, 4) is 0 Å². The van der Waals surface area contributed by atoms with E-state index in [1.807, 2.05) is 0 Å².